The minimum Gasteiger partial charge on any atom is -0.369 e. The molecule has 1 aliphatic rings. The predicted octanol–water partition coefficient (Wildman–Crippen LogP) is 3.18. The molecule has 14 heteroatoms. The summed E-state index contributed by atoms with van der Waals surface area (Å²) in [7, 11) is 2.18. The number of unbranched alkanes of at least 4 members (excludes halogenated alkanes) is 3. The number of benzene rings is 1. The number of hydroxylamine groups is 1. The van der Waals surface area contributed by atoms with Gasteiger partial charge in [0.1, 0.15) is 5.82 Å². The third-order valence-corrected chi connectivity index (χ3v) is 7.99. The second-order valence-corrected chi connectivity index (χ2v) is 11.0. The number of anilines is 1. The second-order valence-electron chi connectivity index (χ2n) is 9.73. The lowest BCUT2D eigenvalue weighted by atomic mass is 10.1. The van der Waals surface area contributed by atoms with Gasteiger partial charge in [-0.1, -0.05) is 25.0 Å². The van der Waals surface area contributed by atoms with Crippen LogP contribution in [0.15, 0.2) is 30.5 Å². The van der Waals surface area contributed by atoms with Crippen LogP contribution in [0.4, 0.5) is 5.82 Å². The number of nitrogens with zero attached hydrogens (tertiary/aromatic N) is 5. The zero-order valence-corrected chi connectivity index (χ0v) is 24.0. The van der Waals surface area contributed by atoms with E-state index in [-0.39, 0.29) is 5.91 Å². The summed E-state index contributed by atoms with van der Waals surface area (Å²) in [4.78, 5) is 27.3. The van der Waals surface area contributed by atoms with Crippen molar-refractivity contribution in [2.24, 2.45) is 0 Å². The second kappa shape index (κ2) is 14.9. The quantitative estimate of drug-likeness (QED) is 0.117. The number of hydrogen-bond donors (Lipinski definition) is 4. The Balaban J connectivity index is 0.00000118. The molecule has 0 spiro atoms. The average Bonchev–Trinajstić information content (AvgIpc) is 3.60. The molecule has 3 aromatic heterocycles. The third-order valence-electron chi connectivity index (χ3n) is 6.87. The Bertz CT molecular complexity index is 1450. The Morgan fingerprint density at radius 2 is 1.90 bits per heavy atom. The fourth-order valence-electron chi connectivity index (χ4n) is 4.71. The highest BCUT2D eigenvalue weighted by Gasteiger charge is 2.18. The molecule has 4 heterocycles. The van der Waals surface area contributed by atoms with Crippen LogP contribution in [0, 0.1) is 0 Å². The first-order valence-corrected chi connectivity index (χ1v) is 14.7. The molecule has 40 heavy (non-hydrogen) atoms. The van der Waals surface area contributed by atoms with Crippen molar-refractivity contribution in [2.45, 2.75) is 38.6 Å². The van der Waals surface area contributed by atoms with E-state index in [1.165, 1.54) is 4.88 Å². The number of fused-ring (bicyclic) bond motifs is 2. The van der Waals surface area contributed by atoms with Gasteiger partial charge in [-0.25, -0.2) is 15.4 Å². The van der Waals surface area contributed by atoms with Crippen LogP contribution in [-0.2, 0) is 22.9 Å². The zero-order chi connectivity index (χ0) is 28.3. The van der Waals surface area contributed by atoms with Gasteiger partial charge in [0.25, 0.3) is 0 Å². The van der Waals surface area contributed by atoms with Crippen molar-refractivity contribution < 1.29 is 18.4 Å². The van der Waals surface area contributed by atoms with Crippen molar-refractivity contribution >= 4 is 55.8 Å². The molecule has 12 nitrogen and oxygen atoms in total. The number of carbonyl (C=O) groups is 1. The van der Waals surface area contributed by atoms with Crippen molar-refractivity contribution in [3.8, 4) is 11.4 Å². The molecule has 1 amide bonds. The topological polar surface area (TPSA) is 156 Å². The molecule has 0 saturated carbocycles. The van der Waals surface area contributed by atoms with E-state index in [1.807, 2.05) is 24.4 Å². The normalized spacial score (nSPS) is 14.2. The summed E-state index contributed by atoms with van der Waals surface area (Å²) < 4.78 is 17.7. The average molecular weight is 587 g/mol. The van der Waals surface area contributed by atoms with Crippen molar-refractivity contribution in [3.63, 3.8) is 0 Å². The van der Waals surface area contributed by atoms with E-state index in [1.54, 1.807) is 16.8 Å². The van der Waals surface area contributed by atoms with Crippen LogP contribution in [0.25, 0.3) is 32.5 Å². The largest absolute Gasteiger partial charge is 0.369 e. The molecule has 0 bridgehead atoms. The van der Waals surface area contributed by atoms with Crippen LogP contribution in [0.3, 0.4) is 0 Å². The highest BCUT2D eigenvalue weighted by Crippen LogP contribution is 2.34. The molecule has 0 unspecified atom stereocenters. The van der Waals surface area contributed by atoms with Gasteiger partial charge in [0, 0.05) is 61.5 Å². The van der Waals surface area contributed by atoms with Crippen LogP contribution >= 0.6 is 11.3 Å². The molecule has 0 radical (unpaired) electrons. The van der Waals surface area contributed by atoms with Gasteiger partial charge >= 0.3 is 11.6 Å². The van der Waals surface area contributed by atoms with Crippen LogP contribution in [0.1, 0.15) is 37.0 Å². The fourth-order valence-corrected chi connectivity index (χ4v) is 5.82. The highest BCUT2D eigenvalue weighted by molar-refractivity contribution is 7.51. The number of aromatic nitrogens is 4. The maximum absolute atomic E-state index is 11.2. The molecule has 1 aromatic carbocycles. The van der Waals surface area contributed by atoms with Gasteiger partial charge in [0.15, 0.2) is 5.82 Å². The molecule has 4 aromatic rings. The zero-order valence-electron chi connectivity index (χ0n) is 22.4. The number of nitrogens with one attached hydrogen (secondary N) is 3. The molecule has 214 valence electrons. The number of carbonyl (C=O) groups excluding carboxylic acids is 1. The van der Waals surface area contributed by atoms with Gasteiger partial charge < -0.3 is 10.2 Å². The standard InChI is InChI=1S/C26H34N8O2S.O2S/c1-33-11-13-34(14-12-33)17-18-15-22-24(37-18)26(27-10-5-3-2-4-9-23(35)32-36)30-25(29-22)19-7-6-8-21-20(19)16-28-31-21;1-3-2/h6-8,15-16,36H,2-5,9-14,17H2,1H3,(H,28,31)(H,32,35)(H,27,29,30);. The Morgan fingerprint density at radius 1 is 1.12 bits per heavy atom. The molecule has 1 saturated heterocycles. The molecule has 0 atom stereocenters. The van der Waals surface area contributed by atoms with Gasteiger partial charge in [-0.15, -0.1) is 11.3 Å². The van der Waals surface area contributed by atoms with Crippen LogP contribution in [0.5, 0.6) is 0 Å². The van der Waals surface area contributed by atoms with Gasteiger partial charge in [-0.05, 0) is 32.0 Å². The monoisotopic (exact) mass is 586 g/mol. The van der Waals surface area contributed by atoms with E-state index in [0.29, 0.717) is 12.2 Å². The van der Waals surface area contributed by atoms with Crippen molar-refractivity contribution in [1.82, 2.24) is 35.4 Å². The summed E-state index contributed by atoms with van der Waals surface area (Å²) >= 11 is 1.03. The number of thiophene rings is 1. The summed E-state index contributed by atoms with van der Waals surface area (Å²) in [5.74, 6) is 1.24. The minimum absolute atomic E-state index is 0.327. The summed E-state index contributed by atoms with van der Waals surface area (Å²) in [5.41, 5.74) is 4.59. The lowest BCUT2D eigenvalue weighted by Crippen LogP contribution is -2.43. The molecule has 1 aliphatic heterocycles. The van der Waals surface area contributed by atoms with Crippen LogP contribution in [0.2, 0.25) is 0 Å². The van der Waals surface area contributed by atoms with Crippen LogP contribution in [-0.4, -0.2) is 89.3 Å². The maximum atomic E-state index is 11.2. The molecule has 1 fully saturated rings. The van der Waals surface area contributed by atoms with Gasteiger partial charge in [0.2, 0.25) is 5.91 Å². The molecule has 0 aliphatic carbocycles. The third kappa shape index (κ3) is 7.88. The molecule has 5 rings (SSSR count). The first-order chi connectivity index (χ1) is 19.5. The molecular formula is C26H34N8O4S2. The lowest BCUT2D eigenvalue weighted by molar-refractivity contribution is -0.129. The van der Waals surface area contributed by atoms with E-state index in [4.69, 9.17) is 23.6 Å². The van der Waals surface area contributed by atoms with Crippen molar-refractivity contribution in [2.75, 3.05) is 45.1 Å². The Labute approximate surface area is 239 Å². The number of likely N-dealkylation sites (N-methyl/N-ethyl adjacent to an activating group) is 1. The smallest absolute Gasteiger partial charge is 0.335 e. The molecular weight excluding hydrogens is 552 g/mol. The Morgan fingerprint density at radius 3 is 2.67 bits per heavy atom. The van der Waals surface area contributed by atoms with Gasteiger partial charge in [-0.2, -0.15) is 13.5 Å². The summed E-state index contributed by atoms with van der Waals surface area (Å²) in [6, 6.07) is 8.27. The SMILES string of the molecule is CN1CCN(Cc2cc3nc(-c4cccc5[nH]ncc45)nc(NCCCCCCC(=O)NO)c3s2)CC1.O=S=O. The van der Waals surface area contributed by atoms with E-state index in [2.05, 4.69) is 38.4 Å². The van der Waals surface area contributed by atoms with E-state index >= 15 is 0 Å². The summed E-state index contributed by atoms with van der Waals surface area (Å²) in [6.45, 7) is 6.08. The van der Waals surface area contributed by atoms with Gasteiger partial charge in [0.05, 0.1) is 21.9 Å². The highest BCUT2D eigenvalue weighted by atomic mass is 32.1. The first kappa shape index (κ1) is 29.7. The van der Waals surface area contributed by atoms with Crippen molar-refractivity contribution in [1.29, 1.82) is 0 Å². The maximum Gasteiger partial charge on any atom is 0.335 e. The number of H-pyrrole nitrogens is 1. The lowest BCUT2D eigenvalue weighted by Gasteiger charge is -2.31. The minimum atomic E-state index is -0.750. The van der Waals surface area contributed by atoms with E-state index in [9.17, 15) is 4.79 Å². The number of hydrogen-bond acceptors (Lipinski definition) is 11. The predicted molar refractivity (Wildman–Crippen MR) is 156 cm³/mol. The van der Waals surface area contributed by atoms with Crippen LogP contribution < -0.4 is 10.8 Å². The first-order valence-electron chi connectivity index (χ1n) is 13.2. The fraction of sp³-hybridized carbons (Fsp3) is 0.462. The molecule has 4 N–H and O–H groups in total. The summed E-state index contributed by atoms with van der Waals surface area (Å²) in [5, 5.41) is 20.4. The van der Waals surface area contributed by atoms with E-state index in [0.717, 1.165) is 97.5 Å². The summed E-state index contributed by atoms with van der Waals surface area (Å²) in [6.07, 6.45) is 5.86. The Hall–Kier alpha value is -3.30. The number of piperazine rings is 1. The van der Waals surface area contributed by atoms with Crippen molar-refractivity contribution in [3.05, 3.63) is 35.3 Å². The van der Waals surface area contributed by atoms with Gasteiger partial charge in [-0.3, -0.25) is 20.0 Å². The van der Waals surface area contributed by atoms with E-state index < -0.39 is 11.6 Å². The number of amides is 1. The Kier molecular flexibility index (Phi) is 11.1. The number of aromatic amines is 1. The number of rotatable bonds is 11.